The molecule has 1 fully saturated rings. The molecular weight excluding hydrogens is 428 g/mol. The van der Waals surface area contributed by atoms with Crippen molar-refractivity contribution in [3.63, 3.8) is 0 Å². The van der Waals surface area contributed by atoms with E-state index in [9.17, 15) is 18.4 Å². The van der Waals surface area contributed by atoms with E-state index >= 15 is 0 Å². The Morgan fingerprint density at radius 1 is 0.909 bits per heavy atom. The first-order valence-electron chi connectivity index (χ1n) is 11.2. The molecule has 0 N–H and O–H groups in total. The predicted octanol–water partition coefficient (Wildman–Crippen LogP) is 3.68. The maximum absolute atomic E-state index is 14.6. The zero-order chi connectivity index (χ0) is 23.5. The molecule has 1 saturated heterocycles. The van der Waals surface area contributed by atoms with Gasteiger partial charge in [-0.05, 0) is 42.8 Å². The first-order valence-corrected chi connectivity index (χ1v) is 11.2. The Kier molecular flexibility index (Phi) is 6.74. The standard InChI is InChI=1S/C25H27F2N3O3/c1-3-15-33-19-8-5-17(6-9-19)22-23(29-13-11-28(4-2)12-14-29)25(32)30(24(22)31)21-16-18(26)7-10-20(21)27/h5-10,16H,3-4,11-15H2,1-2H3. The van der Waals surface area contributed by atoms with Crippen LogP contribution in [0.1, 0.15) is 25.8 Å². The minimum Gasteiger partial charge on any atom is -0.494 e. The second kappa shape index (κ2) is 9.70. The van der Waals surface area contributed by atoms with E-state index < -0.39 is 23.4 Å². The second-order valence-electron chi connectivity index (χ2n) is 8.06. The van der Waals surface area contributed by atoms with Gasteiger partial charge in [-0.25, -0.2) is 13.7 Å². The Hall–Kier alpha value is -3.26. The number of amides is 2. The lowest BCUT2D eigenvalue weighted by Gasteiger charge is -2.36. The van der Waals surface area contributed by atoms with Crippen molar-refractivity contribution in [1.82, 2.24) is 9.80 Å². The molecule has 0 atom stereocenters. The van der Waals surface area contributed by atoms with Crippen LogP contribution in [-0.2, 0) is 9.59 Å². The van der Waals surface area contributed by atoms with Gasteiger partial charge in [0, 0.05) is 32.2 Å². The van der Waals surface area contributed by atoms with Crippen molar-refractivity contribution in [1.29, 1.82) is 0 Å². The summed E-state index contributed by atoms with van der Waals surface area (Å²) in [6.45, 7) is 8.14. The molecule has 2 amide bonds. The van der Waals surface area contributed by atoms with E-state index in [-0.39, 0.29) is 17.0 Å². The zero-order valence-corrected chi connectivity index (χ0v) is 18.8. The summed E-state index contributed by atoms with van der Waals surface area (Å²) in [7, 11) is 0. The number of rotatable bonds is 7. The number of piperazine rings is 1. The molecule has 0 aliphatic carbocycles. The van der Waals surface area contributed by atoms with Gasteiger partial charge in [0.1, 0.15) is 23.1 Å². The van der Waals surface area contributed by atoms with E-state index in [2.05, 4.69) is 11.8 Å². The van der Waals surface area contributed by atoms with Crippen LogP contribution in [0.4, 0.5) is 14.5 Å². The van der Waals surface area contributed by atoms with Crippen LogP contribution in [0.2, 0.25) is 0 Å². The van der Waals surface area contributed by atoms with Gasteiger partial charge in [-0.1, -0.05) is 26.0 Å². The Morgan fingerprint density at radius 2 is 1.61 bits per heavy atom. The van der Waals surface area contributed by atoms with Crippen LogP contribution < -0.4 is 9.64 Å². The second-order valence-corrected chi connectivity index (χ2v) is 8.06. The van der Waals surface area contributed by atoms with Crippen LogP contribution in [-0.4, -0.2) is 60.9 Å². The third-order valence-corrected chi connectivity index (χ3v) is 5.96. The number of benzene rings is 2. The number of carbonyl (C=O) groups is 2. The average Bonchev–Trinajstić information content (AvgIpc) is 3.09. The quantitative estimate of drug-likeness (QED) is 0.597. The first-order chi connectivity index (χ1) is 15.9. The summed E-state index contributed by atoms with van der Waals surface area (Å²) in [6, 6.07) is 9.68. The highest BCUT2D eigenvalue weighted by atomic mass is 19.1. The van der Waals surface area contributed by atoms with Crippen LogP contribution in [0.5, 0.6) is 5.75 Å². The van der Waals surface area contributed by atoms with E-state index in [4.69, 9.17) is 4.74 Å². The minimum atomic E-state index is -0.835. The van der Waals surface area contributed by atoms with Gasteiger partial charge in [-0.3, -0.25) is 9.59 Å². The number of likely N-dealkylation sites (N-methyl/N-ethyl adjacent to an activating group) is 1. The molecule has 0 radical (unpaired) electrons. The molecule has 6 nitrogen and oxygen atoms in total. The van der Waals surface area contributed by atoms with Gasteiger partial charge in [0.05, 0.1) is 17.9 Å². The van der Waals surface area contributed by atoms with Crippen LogP contribution in [0.25, 0.3) is 5.57 Å². The third kappa shape index (κ3) is 4.48. The Bertz CT molecular complexity index is 1080. The zero-order valence-electron chi connectivity index (χ0n) is 18.8. The summed E-state index contributed by atoms with van der Waals surface area (Å²) < 4.78 is 34.1. The highest BCUT2D eigenvalue weighted by molar-refractivity contribution is 6.45. The molecule has 0 unspecified atom stereocenters. The molecule has 2 aromatic carbocycles. The molecular formula is C25H27F2N3O3. The van der Waals surface area contributed by atoms with Crippen LogP contribution >= 0.6 is 0 Å². The number of hydrogen-bond acceptors (Lipinski definition) is 5. The first kappa shape index (κ1) is 22.9. The Balaban J connectivity index is 1.75. The lowest BCUT2D eigenvalue weighted by Crippen LogP contribution is -2.47. The van der Waals surface area contributed by atoms with Crippen molar-refractivity contribution in [2.45, 2.75) is 20.3 Å². The van der Waals surface area contributed by atoms with Crippen molar-refractivity contribution < 1.29 is 23.1 Å². The van der Waals surface area contributed by atoms with Gasteiger partial charge in [0.2, 0.25) is 0 Å². The fourth-order valence-electron chi connectivity index (χ4n) is 4.17. The smallest absolute Gasteiger partial charge is 0.282 e. The molecule has 2 heterocycles. The van der Waals surface area contributed by atoms with Gasteiger partial charge in [0.25, 0.3) is 11.8 Å². The lowest BCUT2D eigenvalue weighted by atomic mass is 10.0. The van der Waals surface area contributed by atoms with Crippen molar-refractivity contribution in [2.75, 3.05) is 44.2 Å². The van der Waals surface area contributed by atoms with Gasteiger partial charge in [-0.2, -0.15) is 0 Å². The third-order valence-electron chi connectivity index (χ3n) is 5.96. The minimum absolute atomic E-state index is 0.190. The van der Waals surface area contributed by atoms with Crippen molar-refractivity contribution in [2.24, 2.45) is 0 Å². The SMILES string of the molecule is CCCOc1ccc(C2=C(N3CCN(CC)CC3)C(=O)N(c3cc(F)ccc3F)C2=O)cc1. The fraction of sp³-hybridized carbons (Fsp3) is 0.360. The summed E-state index contributed by atoms with van der Waals surface area (Å²) >= 11 is 0. The van der Waals surface area contributed by atoms with Crippen molar-refractivity contribution in [3.05, 3.63) is 65.4 Å². The van der Waals surface area contributed by atoms with Gasteiger partial charge < -0.3 is 14.5 Å². The maximum Gasteiger partial charge on any atom is 0.282 e. The Morgan fingerprint density at radius 3 is 2.24 bits per heavy atom. The number of hydrogen-bond donors (Lipinski definition) is 0. The summed E-state index contributed by atoms with van der Waals surface area (Å²) in [6.07, 6.45) is 0.863. The number of imide groups is 1. The normalized spacial score (nSPS) is 17.3. The number of carbonyl (C=O) groups excluding carboxylic acids is 2. The molecule has 174 valence electrons. The summed E-state index contributed by atoms with van der Waals surface area (Å²) in [4.78, 5) is 31.9. The molecule has 2 aromatic rings. The molecule has 2 aliphatic heterocycles. The van der Waals surface area contributed by atoms with Crippen molar-refractivity contribution >= 4 is 23.1 Å². The highest BCUT2D eigenvalue weighted by Crippen LogP contribution is 2.36. The number of anilines is 1. The number of halogens is 2. The predicted molar refractivity (Wildman–Crippen MR) is 122 cm³/mol. The molecule has 4 rings (SSSR count). The van der Waals surface area contributed by atoms with E-state index in [1.165, 1.54) is 0 Å². The van der Waals surface area contributed by atoms with E-state index in [0.29, 0.717) is 31.0 Å². The molecule has 0 spiro atoms. The Labute approximate surface area is 192 Å². The highest BCUT2D eigenvalue weighted by Gasteiger charge is 2.44. The fourth-order valence-corrected chi connectivity index (χ4v) is 4.17. The largest absolute Gasteiger partial charge is 0.494 e. The maximum atomic E-state index is 14.6. The van der Waals surface area contributed by atoms with Crippen LogP contribution in [0.3, 0.4) is 0 Å². The number of ether oxygens (including phenoxy) is 1. The summed E-state index contributed by atoms with van der Waals surface area (Å²) in [5.41, 5.74) is 0.564. The summed E-state index contributed by atoms with van der Waals surface area (Å²) in [5.74, 6) is -2.21. The molecule has 8 heteroatoms. The monoisotopic (exact) mass is 455 g/mol. The topological polar surface area (TPSA) is 53.1 Å². The number of nitrogens with zero attached hydrogens (tertiary/aromatic N) is 3. The lowest BCUT2D eigenvalue weighted by molar-refractivity contribution is -0.120. The van der Waals surface area contributed by atoms with E-state index in [1.54, 1.807) is 24.3 Å². The van der Waals surface area contributed by atoms with Gasteiger partial charge >= 0.3 is 0 Å². The molecule has 0 saturated carbocycles. The molecule has 2 aliphatic rings. The van der Waals surface area contributed by atoms with Gasteiger partial charge in [0.15, 0.2) is 0 Å². The van der Waals surface area contributed by atoms with Crippen molar-refractivity contribution in [3.8, 4) is 5.75 Å². The van der Waals surface area contributed by atoms with Crippen LogP contribution in [0, 0.1) is 11.6 Å². The molecule has 0 aromatic heterocycles. The van der Waals surface area contributed by atoms with Gasteiger partial charge in [-0.15, -0.1) is 0 Å². The molecule has 0 bridgehead atoms. The van der Waals surface area contributed by atoms with Crippen LogP contribution in [0.15, 0.2) is 48.2 Å². The van der Waals surface area contributed by atoms with E-state index in [0.717, 1.165) is 49.2 Å². The average molecular weight is 456 g/mol. The van der Waals surface area contributed by atoms with E-state index in [1.807, 2.05) is 11.8 Å². The summed E-state index contributed by atoms with van der Waals surface area (Å²) in [5, 5.41) is 0. The molecule has 33 heavy (non-hydrogen) atoms.